The van der Waals surface area contributed by atoms with Crippen LogP contribution < -0.4 is 21.1 Å². The summed E-state index contributed by atoms with van der Waals surface area (Å²) in [6.07, 6.45) is 8.41. The van der Waals surface area contributed by atoms with Gasteiger partial charge in [-0.05, 0) is 63.7 Å². The Balaban J connectivity index is 0.000000359. The number of H-pyrrole nitrogens is 1. The molecule has 3 N–H and O–H groups in total. The van der Waals surface area contributed by atoms with Crippen LogP contribution in [0.3, 0.4) is 0 Å². The van der Waals surface area contributed by atoms with Gasteiger partial charge in [0.15, 0.2) is 5.13 Å². The molecule has 2 aliphatic heterocycles. The molecule has 154 valence electrons. The number of nitrogens with zero attached hydrogens (tertiary/aromatic N) is 3. The van der Waals surface area contributed by atoms with Crippen molar-refractivity contribution in [1.82, 2.24) is 20.3 Å². The Bertz CT molecular complexity index is 996. The summed E-state index contributed by atoms with van der Waals surface area (Å²) < 4.78 is 1.08. The van der Waals surface area contributed by atoms with E-state index in [0.717, 1.165) is 34.0 Å². The van der Waals surface area contributed by atoms with Gasteiger partial charge in [-0.2, -0.15) is 0 Å². The van der Waals surface area contributed by atoms with Gasteiger partial charge < -0.3 is 20.5 Å². The number of thiazole rings is 1. The fraction of sp³-hybridized carbons (Fsp3) is 0.476. The number of anilines is 3. The van der Waals surface area contributed by atoms with Gasteiger partial charge in [0.2, 0.25) is 5.56 Å². The van der Waals surface area contributed by atoms with Crippen LogP contribution in [-0.4, -0.2) is 41.1 Å². The van der Waals surface area contributed by atoms with E-state index in [1.54, 1.807) is 17.4 Å². The minimum absolute atomic E-state index is 0.125. The third-order valence-electron chi connectivity index (χ3n) is 5.10. The summed E-state index contributed by atoms with van der Waals surface area (Å²) in [5.41, 5.74) is 1.72. The molecular weight excluding hydrogens is 384 g/mol. The van der Waals surface area contributed by atoms with Crippen molar-refractivity contribution in [2.45, 2.75) is 39.0 Å². The first-order chi connectivity index (χ1) is 14.2. The van der Waals surface area contributed by atoms with E-state index in [-0.39, 0.29) is 5.56 Å². The van der Waals surface area contributed by atoms with E-state index in [1.807, 2.05) is 25.3 Å². The number of aromatic nitrogens is 3. The predicted octanol–water partition coefficient (Wildman–Crippen LogP) is 3.79. The van der Waals surface area contributed by atoms with Crippen LogP contribution in [0.4, 0.5) is 16.8 Å². The summed E-state index contributed by atoms with van der Waals surface area (Å²) in [5.74, 6) is 1.32. The van der Waals surface area contributed by atoms with Crippen LogP contribution >= 0.6 is 11.3 Å². The number of pyridine rings is 2. The van der Waals surface area contributed by atoms with Crippen molar-refractivity contribution in [2.24, 2.45) is 0 Å². The van der Waals surface area contributed by atoms with Crippen molar-refractivity contribution in [3.05, 3.63) is 40.3 Å². The van der Waals surface area contributed by atoms with E-state index < -0.39 is 0 Å². The number of hydrogen-bond acceptors (Lipinski definition) is 7. The Morgan fingerprint density at radius 2 is 1.86 bits per heavy atom. The first-order valence-electron chi connectivity index (χ1n) is 10.4. The SMILES string of the molecule is C1CCNC1.Cc1cc(Nc2cc3nc(N4CCCCC4)sc3cn2)[nH]c(=O)c1. The summed E-state index contributed by atoms with van der Waals surface area (Å²) in [5, 5.41) is 7.45. The van der Waals surface area contributed by atoms with Crippen LogP contribution in [0.25, 0.3) is 10.2 Å². The topological polar surface area (TPSA) is 85.9 Å². The second-order valence-electron chi connectivity index (χ2n) is 7.60. The zero-order chi connectivity index (χ0) is 20.1. The van der Waals surface area contributed by atoms with E-state index in [0.29, 0.717) is 11.6 Å². The van der Waals surface area contributed by atoms with Gasteiger partial charge in [0.25, 0.3) is 0 Å². The quantitative estimate of drug-likeness (QED) is 0.607. The number of hydrogen-bond donors (Lipinski definition) is 3. The number of aromatic amines is 1. The van der Waals surface area contributed by atoms with Crippen molar-refractivity contribution in [1.29, 1.82) is 0 Å². The van der Waals surface area contributed by atoms with E-state index >= 15 is 0 Å². The third kappa shape index (κ3) is 5.33. The maximum atomic E-state index is 11.6. The molecule has 3 aromatic rings. The van der Waals surface area contributed by atoms with Crippen molar-refractivity contribution >= 4 is 38.3 Å². The molecule has 0 radical (unpaired) electrons. The minimum Gasteiger partial charge on any atom is -0.348 e. The molecular formula is C21H28N6OS. The average molecular weight is 413 g/mol. The van der Waals surface area contributed by atoms with Gasteiger partial charge in [-0.1, -0.05) is 11.3 Å². The van der Waals surface area contributed by atoms with Gasteiger partial charge in [-0.3, -0.25) is 4.79 Å². The molecule has 3 aromatic heterocycles. The van der Waals surface area contributed by atoms with E-state index in [9.17, 15) is 4.79 Å². The van der Waals surface area contributed by atoms with E-state index in [1.165, 1.54) is 45.2 Å². The van der Waals surface area contributed by atoms with Crippen molar-refractivity contribution in [2.75, 3.05) is 36.4 Å². The van der Waals surface area contributed by atoms with Crippen LogP contribution in [0, 0.1) is 6.92 Å². The van der Waals surface area contributed by atoms with Crippen molar-refractivity contribution in [3.63, 3.8) is 0 Å². The third-order valence-corrected chi connectivity index (χ3v) is 6.17. The van der Waals surface area contributed by atoms with Crippen molar-refractivity contribution in [3.8, 4) is 0 Å². The maximum absolute atomic E-state index is 11.6. The van der Waals surface area contributed by atoms with Crippen LogP contribution in [0.15, 0.2) is 29.2 Å². The molecule has 29 heavy (non-hydrogen) atoms. The molecule has 2 aliphatic rings. The van der Waals surface area contributed by atoms with Crippen LogP contribution in [-0.2, 0) is 0 Å². The van der Waals surface area contributed by atoms with Crippen molar-refractivity contribution < 1.29 is 0 Å². The lowest BCUT2D eigenvalue weighted by molar-refractivity contribution is 0.577. The van der Waals surface area contributed by atoms with Gasteiger partial charge >= 0.3 is 0 Å². The molecule has 0 bridgehead atoms. The summed E-state index contributed by atoms with van der Waals surface area (Å²) >= 11 is 1.69. The minimum atomic E-state index is -0.125. The molecule has 2 saturated heterocycles. The van der Waals surface area contributed by atoms with E-state index in [2.05, 4.69) is 25.5 Å². The molecule has 0 aliphatic carbocycles. The molecule has 0 saturated carbocycles. The highest BCUT2D eigenvalue weighted by molar-refractivity contribution is 7.22. The van der Waals surface area contributed by atoms with Gasteiger partial charge in [0, 0.05) is 31.4 Å². The van der Waals surface area contributed by atoms with Crippen LogP contribution in [0.1, 0.15) is 37.7 Å². The summed E-state index contributed by atoms with van der Waals surface area (Å²) in [6.45, 7) is 6.56. The Morgan fingerprint density at radius 1 is 1.07 bits per heavy atom. The van der Waals surface area contributed by atoms with Gasteiger partial charge in [-0.25, -0.2) is 9.97 Å². The van der Waals surface area contributed by atoms with E-state index in [4.69, 9.17) is 4.98 Å². The summed E-state index contributed by atoms with van der Waals surface area (Å²) in [6, 6.07) is 5.38. The highest BCUT2D eigenvalue weighted by Crippen LogP contribution is 2.31. The second-order valence-corrected chi connectivity index (χ2v) is 8.61. The Kier molecular flexibility index (Phi) is 6.41. The molecule has 2 fully saturated rings. The molecule has 0 amide bonds. The fourth-order valence-electron chi connectivity index (χ4n) is 3.62. The molecule has 5 heterocycles. The normalized spacial score (nSPS) is 16.5. The number of piperidine rings is 1. The number of fused-ring (bicyclic) bond motifs is 1. The first kappa shape index (κ1) is 19.8. The lowest BCUT2D eigenvalue weighted by atomic mass is 10.1. The lowest BCUT2D eigenvalue weighted by Gasteiger charge is -2.25. The molecule has 0 atom stereocenters. The highest BCUT2D eigenvalue weighted by atomic mass is 32.1. The van der Waals surface area contributed by atoms with Crippen LogP contribution in [0.5, 0.6) is 0 Å². The van der Waals surface area contributed by atoms with Gasteiger partial charge in [0.05, 0.1) is 10.2 Å². The molecule has 0 aromatic carbocycles. The summed E-state index contributed by atoms with van der Waals surface area (Å²) in [4.78, 5) is 25.9. The molecule has 5 rings (SSSR count). The lowest BCUT2D eigenvalue weighted by Crippen LogP contribution is -2.29. The zero-order valence-corrected chi connectivity index (χ0v) is 17.6. The molecule has 7 nitrogen and oxygen atoms in total. The van der Waals surface area contributed by atoms with Gasteiger partial charge in [0.1, 0.15) is 11.6 Å². The maximum Gasteiger partial charge on any atom is 0.249 e. The number of aryl methyl sites for hydroxylation is 1. The molecule has 0 spiro atoms. The first-order valence-corrected chi connectivity index (χ1v) is 11.2. The average Bonchev–Trinajstić information content (AvgIpc) is 3.41. The molecule has 0 unspecified atom stereocenters. The molecule has 8 heteroatoms. The van der Waals surface area contributed by atoms with Crippen LogP contribution in [0.2, 0.25) is 0 Å². The monoisotopic (exact) mass is 412 g/mol. The second kappa shape index (κ2) is 9.37. The summed E-state index contributed by atoms with van der Waals surface area (Å²) in [7, 11) is 0. The Morgan fingerprint density at radius 3 is 2.55 bits per heavy atom. The highest BCUT2D eigenvalue weighted by Gasteiger charge is 2.15. The Labute approximate surface area is 174 Å². The van der Waals surface area contributed by atoms with Gasteiger partial charge in [-0.15, -0.1) is 0 Å². The largest absolute Gasteiger partial charge is 0.348 e. The zero-order valence-electron chi connectivity index (χ0n) is 16.8. The standard InChI is InChI=1S/C17H19N5OS.C4H9N/c1-11-7-15(21-16(23)8-11)20-14-9-12-13(10-18-14)24-17(19-12)22-5-3-2-4-6-22;1-2-4-5-3-1/h7-10H,2-6H2,1H3,(H2,18,20,21,23);5H,1-4H2. The Hall–Kier alpha value is -2.45. The number of nitrogens with one attached hydrogen (secondary N) is 3. The number of rotatable bonds is 3. The smallest absolute Gasteiger partial charge is 0.249 e. The predicted molar refractivity (Wildman–Crippen MR) is 121 cm³/mol. The fourth-order valence-corrected chi connectivity index (χ4v) is 4.59.